The number of nitrogens with zero attached hydrogens (tertiary/aromatic N) is 2. The molecule has 3 rings (SSSR count). The number of ether oxygens (including phenoxy) is 3. The van der Waals surface area contributed by atoms with Crippen LogP contribution in [0.4, 0.5) is 0 Å². The third-order valence-corrected chi connectivity index (χ3v) is 5.32. The SMILES string of the molecule is COc1ccc(C=NN=C2NC(=O)C(CC(=O)O)S2)cc1COc1ccccc1OC. The van der Waals surface area contributed by atoms with Crippen molar-refractivity contribution >= 4 is 35.0 Å². The van der Waals surface area contributed by atoms with Crippen molar-refractivity contribution in [3.63, 3.8) is 0 Å². The Labute approximate surface area is 183 Å². The highest BCUT2D eigenvalue weighted by Gasteiger charge is 2.32. The number of methoxy groups -OCH3 is 2. The molecular weight excluding hydrogens is 422 g/mol. The Morgan fingerprint density at radius 1 is 1.16 bits per heavy atom. The smallest absolute Gasteiger partial charge is 0.305 e. The molecule has 9 nitrogen and oxygen atoms in total. The fourth-order valence-electron chi connectivity index (χ4n) is 2.78. The normalized spacial score (nSPS) is 17.0. The third-order valence-electron chi connectivity index (χ3n) is 4.25. The number of amidine groups is 1. The van der Waals surface area contributed by atoms with Gasteiger partial charge in [-0.2, -0.15) is 5.10 Å². The Hall–Kier alpha value is -3.53. The van der Waals surface area contributed by atoms with Crippen LogP contribution >= 0.6 is 11.8 Å². The van der Waals surface area contributed by atoms with Gasteiger partial charge < -0.3 is 24.6 Å². The minimum atomic E-state index is -1.04. The van der Waals surface area contributed by atoms with Crippen molar-refractivity contribution in [2.24, 2.45) is 10.2 Å². The number of aliphatic carboxylic acids is 1. The summed E-state index contributed by atoms with van der Waals surface area (Å²) in [4.78, 5) is 22.5. The maximum absolute atomic E-state index is 11.7. The highest BCUT2D eigenvalue weighted by Crippen LogP contribution is 2.28. The van der Waals surface area contributed by atoms with Gasteiger partial charge in [0.05, 0.1) is 26.9 Å². The monoisotopic (exact) mass is 443 g/mol. The number of hydrogen-bond acceptors (Lipinski definition) is 8. The number of para-hydroxylation sites is 2. The van der Waals surface area contributed by atoms with E-state index in [1.807, 2.05) is 36.4 Å². The first-order chi connectivity index (χ1) is 15.0. The standard InChI is InChI=1S/C21H21N3O6S/c1-28-15-8-7-13(9-14(15)12-30-17-6-4-3-5-16(17)29-2)11-22-24-21-23-20(27)18(31-21)10-19(25)26/h3-9,11,18H,10,12H2,1-2H3,(H,25,26)(H,23,24,27). The van der Waals surface area contributed by atoms with Crippen molar-refractivity contribution in [3.8, 4) is 17.2 Å². The molecule has 1 saturated heterocycles. The summed E-state index contributed by atoms with van der Waals surface area (Å²) in [6, 6.07) is 12.8. The lowest BCUT2D eigenvalue weighted by molar-refractivity contribution is -0.138. The number of carbonyl (C=O) groups excluding carboxylic acids is 1. The van der Waals surface area contributed by atoms with Crippen LogP contribution in [-0.4, -0.2) is 47.8 Å². The minimum Gasteiger partial charge on any atom is -0.496 e. The molecule has 1 fully saturated rings. The highest BCUT2D eigenvalue weighted by atomic mass is 32.2. The van der Waals surface area contributed by atoms with Crippen molar-refractivity contribution < 1.29 is 28.9 Å². The van der Waals surface area contributed by atoms with E-state index in [0.29, 0.717) is 17.2 Å². The molecule has 0 saturated carbocycles. The van der Waals surface area contributed by atoms with Crippen molar-refractivity contribution in [3.05, 3.63) is 53.6 Å². The number of carbonyl (C=O) groups is 2. The van der Waals surface area contributed by atoms with Gasteiger partial charge in [0.2, 0.25) is 5.91 Å². The number of hydrogen-bond donors (Lipinski definition) is 2. The van der Waals surface area contributed by atoms with Crippen LogP contribution in [0.3, 0.4) is 0 Å². The number of carboxylic acid groups (broad SMARTS) is 1. The van der Waals surface area contributed by atoms with Crippen molar-refractivity contribution in [2.45, 2.75) is 18.3 Å². The quantitative estimate of drug-likeness (QED) is 0.452. The van der Waals surface area contributed by atoms with Gasteiger partial charge in [0.15, 0.2) is 16.7 Å². The molecule has 1 amide bonds. The number of carboxylic acids is 1. The van der Waals surface area contributed by atoms with Crippen LogP contribution in [0.15, 0.2) is 52.7 Å². The highest BCUT2D eigenvalue weighted by molar-refractivity contribution is 8.15. The summed E-state index contributed by atoms with van der Waals surface area (Å²) in [5.41, 5.74) is 1.55. The predicted octanol–water partition coefficient (Wildman–Crippen LogP) is 2.68. The molecule has 1 atom stereocenters. The average Bonchev–Trinajstić information content (AvgIpc) is 3.10. The first kappa shape index (κ1) is 22.2. The van der Waals surface area contributed by atoms with Gasteiger partial charge in [0.1, 0.15) is 17.6 Å². The summed E-state index contributed by atoms with van der Waals surface area (Å²) in [5, 5.41) is 18.9. The Bertz CT molecular complexity index is 1020. The maximum Gasteiger partial charge on any atom is 0.305 e. The van der Waals surface area contributed by atoms with Gasteiger partial charge in [0.25, 0.3) is 0 Å². The summed E-state index contributed by atoms with van der Waals surface area (Å²) in [6.07, 6.45) is 1.25. The van der Waals surface area contributed by atoms with E-state index >= 15 is 0 Å². The Morgan fingerprint density at radius 2 is 1.90 bits per heavy atom. The van der Waals surface area contributed by atoms with E-state index in [2.05, 4.69) is 15.5 Å². The van der Waals surface area contributed by atoms with E-state index in [9.17, 15) is 9.59 Å². The van der Waals surface area contributed by atoms with Crippen molar-refractivity contribution in [1.29, 1.82) is 0 Å². The number of benzene rings is 2. The molecule has 1 aliphatic rings. The molecule has 2 aromatic carbocycles. The van der Waals surface area contributed by atoms with Crippen LogP contribution in [-0.2, 0) is 16.2 Å². The van der Waals surface area contributed by atoms with Gasteiger partial charge in [-0.25, -0.2) is 0 Å². The molecular formula is C21H21N3O6S. The molecule has 0 bridgehead atoms. The Kier molecular flexibility index (Phi) is 7.50. The third kappa shape index (κ3) is 5.98. The summed E-state index contributed by atoms with van der Waals surface area (Å²) in [6.45, 7) is 0.253. The molecule has 1 heterocycles. The van der Waals surface area contributed by atoms with E-state index < -0.39 is 11.2 Å². The van der Waals surface area contributed by atoms with Gasteiger partial charge in [0, 0.05) is 5.56 Å². The van der Waals surface area contributed by atoms with Gasteiger partial charge in [-0.15, -0.1) is 5.10 Å². The summed E-state index contributed by atoms with van der Waals surface area (Å²) >= 11 is 1.04. The van der Waals surface area contributed by atoms with E-state index in [-0.39, 0.29) is 24.1 Å². The Balaban J connectivity index is 1.69. The summed E-state index contributed by atoms with van der Waals surface area (Å²) in [7, 11) is 3.16. The van der Waals surface area contributed by atoms with Crippen molar-refractivity contribution in [2.75, 3.05) is 14.2 Å². The van der Waals surface area contributed by atoms with E-state index in [1.54, 1.807) is 20.3 Å². The fourth-order valence-corrected chi connectivity index (χ4v) is 3.69. The molecule has 2 aromatic rings. The van der Waals surface area contributed by atoms with Crippen LogP contribution in [0.5, 0.6) is 17.2 Å². The molecule has 0 aromatic heterocycles. The molecule has 1 aliphatic heterocycles. The van der Waals surface area contributed by atoms with Crippen LogP contribution in [0.2, 0.25) is 0 Å². The number of thioether (sulfide) groups is 1. The van der Waals surface area contributed by atoms with Crippen LogP contribution in [0.25, 0.3) is 0 Å². The lowest BCUT2D eigenvalue weighted by Gasteiger charge is -2.13. The van der Waals surface area contributed by atoms with Crippen molar-refractivity contribution in [1.82, 2.24) is 5.32 Å². The lowest BCUT2D eigenvalue weighted by atomic mass is 10.1. The number of rotatable bonds is 9. The molecule has 0 aliphatic carbocycles. The Morgan fingerprint density at radius 3 is 2.61 bits per heavy atom. The summed E-state index contributed by atoms with van der Waals surface area (Å²) < 4.78 is 16.6. The molecule has 162 valence electrons. The summed E-state index contributed by atoms with van der Waals surface area (Å²) in [5.74, 6) is 0.475. The lowest BCUT2D eigenvalue weighted by Crippen LogP contribution is -2.26. The maximum atomic E-state index is 11.7. The molecule has 31 heavy (non-hydrogen) atoms. The minimum absolute atomic E-state index is 0.253. The zero-order valence-corrected chi connectivity index (χ0v) is 17.7. The molecule has 10 heteroatoms. The van der Waals surface area contributed by atoms with Gasteiger partial charge in [-0.1, -0.05) is 23.9 Å². The zero-order chi connectivity index (χ0) is 22.2. The molecule has 0 spiro atoms. The largest absolute Gasteiger partial charge is 0.496 e. The second-order valence-corrected chi connectivity index (χ2v) is 7.55. The fraction of sp³-hybridized carbons (Fsp3) is 0.238. The van der Waals surface area contributed by atoms with Crippen LogP contribution < -0.4 is 19.5 Å². The second kappa shape index (κ2) is 10.5. The number of amides is 1. The van der Waals surface area contributed by atoms with E-state index in [0.717, 1.165) is 22.9 Å². The first-order valence-electron chi connectivity index (χ1n) is 9.23. The molecule has 2 N–H and O–H groups in total. The van der Waals surface area contributed by atoms with E-state index in [4.69, 9.17) is 19.3 Å². The first-order valence-corrected chi connectivity index (χ1v) is 10.1. The van der Waals surface area contributed by atoms with Gasteiger partial charge >= 0.3 is 5.97 Å². The number of nitrogens with one attached hydrogen (secondary N) is 1. The van der Waals surface area contributed by atoms with Gasteiger partial charge in [-0.05, 0) is 35.9 Å². The topological polar surface area (TPSA) is 119 Å². The zero-order valence-electron chi connectivity index (χ0n) is 16.9. The molecule has 0 radical (unpaired) electrons. The van der Waals surface area contributed by atoms with Gasteiger partial charge in [-0.3, -0.25) is 9.59 Å². The average molecular weight is 443 g/mol. The second-order valence-electron chi connectivity index (χ2n) is 6.35. The van der Waals surface area contributed by atoms with Crippen LogP contribution in [0, 0.1) is 0 Å². The predicted molar refractivity (Wildman–Crippen MR) is 117 cm³/mol. The van der Waals surface area contributed by atoms with E-state index in [1.165, 1.54) is 6.21 Å². The molecule has 1 unspecified atom stereocenters. The van der Waals surface area contributed by atoms with Crippen LogP contribution in [0.1, 0.15) is 17.5 Å².